The summed E-state index contributed by atoms with van der Waals surface area (Å²) in [6, 6.07) is 13.0. The predicted molar refractivity (Wildman–Crippen MR) is 124 cm³/mol. The van der Waals surface area contributed by atoms with Crippen molar-refractivity contribution in [2.24, 2.45) is 0 Å². The fourth-order valence-electron chi connectivity index (χ4n) is 3.69. The van der Waals surface area contributed by atoms with Gasteiger partial charge in [-0.2, -0.15) is 0 Å². The minimum Gasteiger partial charge on any atom is -0.497 e. The van der Waals surface area contributed by atoms with Crippen molar-refractivity contribution in [2.45, 2.75) is 19.3 Å². The van der Waals surface area contributed by atoms with Crippen molar-refractivity contribution in [1.82, 2.24) is 9.97 Å². The summed E-state index contributed by atoms with van der Waals surface area (Å²) in [7, 11) is 2.94. The van der Waals surface area contributed by atoms with E-state index in [9.17, 15) is 17.6 Å². The predicted octanol–water partition coefficient (Wildman–Crippen LogP) is 6.71. The Morgan fingerprint density at radius 2 is 1.00 bits per heavy atom. The molecule has 0 atom stereocenters. The van der Waals surface area contributed by atoms with Gasteiger partial charge in [0, 0.05) is 52.9 Å². The molecule has 4 aromatic rings. The maximum Gasteiger partial charge on any atom is 0.135 e. The zero-order valence-electron chi connectivity index (χ0n) is 19.5. The van der Waals surface area contributed by atoms with Gasteiger partial charge in [0.05, 0.1) is 37.0 Å². The van der Waals surface area contributed by atoms with Gasteiger partial charge in [-0.3, -0.25) is 9.97 Å². The molecule has 0 bridgehead atoms. The van der Waals surface area contributed by atoms with Crippen molar-refractivity contribution in [3.05, 3.63) is 95.3 Å². The Morgan fingerprint density at radius 3 is 1.34 bits per heavy atom. The van der Waals surface area contributed by atoms with Crippen LogP contribution >= 0.6 is 0 Å². The molecule has 180 valence electrons. The van der Waals surface area contributed by atoms with Crippen molar-refractivity contribution in [3.63, 3.8) is 0 Å². The Balaban J connectivity index is 1.87. The summed E-state index contributed by atoms with van der Waals surface area (Å²) in [6.45, 7) is 3.68. The van der Waals surface area contributed by atoms with E-state index in [0.29, 0.717) is 22.9 Å². The third kappa shape index (κ3) is 4.82. The molecule has 0 amide bonds. The molecule has 0 radical (unpaired) electrons. The van der Waals surface area contributed by atoms with Gasteiger partial charge in [0.25, 0.3) is 0 Å². The highest BCUT2D eigenvalue weighted by atomic mass is 19.1. The van der Waals surface area contributed by atoms with Crippen LogP contribution in [-0.4, -0.2) is 24.2 Å². The first-order valence-electron chi connectivity index (χ1n) is 10.7. The number of hydrogen-bond donors (Lipinski definition) is 0. The Labute approximate surface area is 200 Å². The SMILES string of the molecule is COc1cc(-c2ccc(F)cc2F)nc(C(C)(C)c2cc(OC)cc(-c3ccc(F)cc3F)n2)c1. The molecule has 0 aliphatic rings. The van der Waals surface area contributed by atoms with Gasteiger partial charge < -0.3 is 9.47 Å². The van der Waals surface area contributed by atoms with Crippen LogP contribution in [-0.2, 0) is 5.41 Å². The molecular formula is C27H22F4N2O2. The fourth-order valence-corrected chi connectivity index (χ4v) is 3.69. The lowest BCUT2D eigenvalue weighted by atomic mass is 9.83. The lowest BCUT2D eigenvalue weighted by molar-refractivity contribution is 0.409. The maximum absolute atomic E-state index is 14.5. The number of nitrogens with zero attached hydrogens (tertiary/aromatic N) is 2. The minimum atomic E-state index is -0.889. The van der Waals surface area contributed by atoms with E-state index in [1.54, 1.807) is 24.3 Å². The van der Waals surface area contributed by atoms with Gasteiger partial charge in [-0.05, 0) is 38.1 Å². The standard InChI is InChI=1S/C27H22F4N2O2/c1-27(2,25-13-17(34-3)11-23(32-25)19-7-5-15(28)9-21(19)30)26-14-18(35-4)12-24(33-26)20-8-6-16(29)10-22(20)31/h5-14H,1-4H3. The zero-order chi connectivity index (χ0) is 25.3. The van der Waals surface area contributed by atoms with E-state index >= 15 is 0 Å². The van der Waals surface area contributed by atoms with Gasteiger partial charge in [0.15, 0.2) is 0 Å². The molecule has 2 aromatic heterocycles. The molecule has 0 saturated carbocycles. The molecule has 2 aromatic carbocycles. The first-order valence-corrected chi connectivity index (χ1v) is 10.7. The highest BCUT2D eigenvalue weighted by Gasteiger charge is 2.30. The summed E-state index contributed by atoms with van der Waals surface area (Å²) in [6.07, 6.45) is 0. The number of hydrogen-bond acceptors (Lipinski definition) is 4. The largest absolute Gasteiger partial charge is 0.497 e. The second kappa shape index (κ2) is 9.37. The van der Waals surface area contributed by atoms with E-state index < -0.39 is 28.7 Å². The first kappa shape index (κ1) is 24.2. The van der Waals surface area contributed by atoms with Crippen LogP contribution in [0.15, 0.2) is 60.7 Å². The fraction of sp³-hybridized carbons (Fsp3) is 0.185. The molecule has 0 aliphatic heterocycles. The summed E-state index contributed by atoms with van der Waals surface area (Å²) in [5.41, 5.74) is 0.767. The third-order valence-corrected chi connectivity index (χ3v) is 5.76. The van der Waals surface area contributed by atoms with Crippen LogP contribution in [0.1, 0.15) is 25.2 Å². The van der Waals surface area contributed by atoms with Crippen LogP contribution in [0.5, 0.6) is 11.5 Å². The Hall–Kier alpha value is -3.94. The molecule has 0 unspecified atom stereocenters. The number of aromatic nitrogens is 2. The normalized spacial score (nSPS) is 11.4. The minimum absolute atomic E-state index is 0.107. The molecule has 2 heterocycles. The van der Waals surface area contributed by atoms with E-state index in [4.69, 9.17) is 9.47 Å². The molecule has 0 fully saturated rings. The zero-order valence-corrected chi connectivity index (χ0v) is 19.5. The summed E-state index contributed by atoms with van der Waals surface area (Å²) in [5, 5.41) is 0. The van der Waals surface area contributed by atoms with Gasteiger partial charge in [-0.25, -0.2) is 17.6 Å². The Morgan fingerprint density at radius 1 is 0.600 bits per heavy atom. The first-order chi connectivity index (χ1) is 16.6. The van der Waals surface area contributed by atoms with Crippen LogP contribution in [0.25, 0.3) is 22.5 Å². The van der Waals surface area contributed by atoms with E-state index in [2.05, 4.69) is 9.97 Å². The average molecular weight is 482 g/mol. The molecule has 0 N–H and O–H groups in total. The van der Waals surface area contributed by atoms with E-state index in [-0.39, 0.29) is 22.5 Å². The second-order valence-electron chi connectivity index (χ2n) is 8.43. The van der Waals surface area contributed by atoms with Crippen LogP contribution in [0.3, 0.4) is 0 Å². The molecule has 0 saturated heterocycles. The van der Waals surface area contributed by atoms with Crippen molar-refractivity contribution in [2.75, 3.05) is 14.2 Å². The smallest absolute Gasteiger partial charge is 0.135 e. The summed E-state index contributed by atoms with van der Waals surface area (Å²) < 4.78 is 66.7. The summed E-state index contributed by atoms with van der Waals surface area (Å²) in [4.78, 5) is 9.26. The van der Waals surface area contributed by atoms with Crippen molar-refractivity contribution in [1.29, 1.82) is 0 Å². The van der Waals surface area contributed by atoms with Crippen molar-refractivity contribution >= 4 is 0 Å². The second-order valence-corrected chi connectivity index (χ2v) is 8.43. The van der Waals surface area contributed by atoms with Crippen molar-refractivity contribution < 1.29 is 27.0 Å². The van der Waals surface area contributed by atoms with Gasteiger partial charge >= 0.3 is 0 Å². The lowest BCUT2D eigenvalue weighted by Gasteiger charge is -2.26. The van der Waals surface area contributed by atoms with E-state index in [0.717, 1.165) is 24.3 Å². The van der Waals surface area contributed by atoms with Crippen molar-refractivity contribution in [3.8, 4) is 34.0 Å². The van der Waals surface area contributed by atoms with Gasteiger partial charge in [0.1, 0.15) is 34.8 Å². The van der Waals surface area contributed by atoms with Gasteiger partial charge in [-0.1, -0.05) is 0 Å². The molecule has 0 spiro atoms. The molecule has 0 aliphatic carbocycles. The summed E-state index contributed by atoms with van der Waals surface area (Å²) >= 11 is 0. The third-order valence-electron chi connectivity index (χ3n) is 5.76. The number of methoxy groups -OCH3 is 2. The maximum atomic E-state index is 14.5. The molecule has 8 heteroatoms. The number of halogens is 4. The van der Waals surface area contributed by atoms with E-state index in [1.165, 1.54) is 26.4 Å². The molecular weight excluding hydrogens is 460 g/mol. The van der Waals surface area contributed by atoms with Gasteiger partial charge in [0.2, 0.25) is 0 Å². The highest BCUT2D eigenvalue weighted by molar-refractivity contribution is 5.64. The monoisotopic (exact) mass is 482 g/mol. The number of benzene rings is 2. The number of pyridine rings is 2. The molecule has 4 rings (SSSR count). The highest BCUT2D eigenvalue weighted by Crippen LogP contribution is 2.37. The number of ether oxygens (including phenoxy) is 2. The molecule has 35 heavy (non-hydrogen) atoms. The topological polar surface area (TPSA) is 44.2 Å². The van der Waals surface area contributed by atoms with Crippen LogP contribution in [0, 0.1) is 23.3 Å². The lowest BCUT2D eigenvalue weighted by Crippen LogP contribution is -2.23. The van der Waals surface area contributed by atoms with Gasteiger partial charge in [-0.15, -0.1) is 0 Å². The quantitative estimate of drug-likeness (QED) is 0.287. The summed E-state index contributed by atoms with van der Waals surface area (Å²) in [5.74, 6) is -2.10. The van der Waals surface area contributed by atoms with E-state index in [1.807, 2.05) is 13.8 Å². The molecule has 4 nitrogen and oxygen atoms in total. The Bertz CT molecular complexity index is 1300. The van der Waals surface area contributed by atoms with Crippen LogP contribution in [0.2, 0.25) is 0 Å². The van der Waals surface area contributed by atoms with Crippen LogP contribution < -0.4 is 9.47 Å². The Kier molecular flexibility index (Phi) is 6.47. The average Bonchev–Trinajstić information content (AvgIpc) is 2.83. The number of rotatable bonds is 6. The van der Waals surface area contributed by atoms with Crippen LogP contribution in [0.4, 0.5) is 17.6 Å².